The SMILES string of the molecule is C[C@@H](Nc1ccc2c(c1)NC(=O)CC2)c1cccc(C#N)c1. The number of fused-ring (bicyclic) bond motifs is 1. The first kappa shape index (κ1) is 14.2. The largest absolute Gasteiger partial charge is 0.378 e. The van der Waals surface area contributed by atoms with Crippen LogP contribution in [0.25, 0.3) is 0 Å². The molecule has 0 spiro atoms. The van der Waals surface area contributed by atoms with Crippen molar-refractivity contribution in [2.45, 2.75) is 25.8 Å². The maximum atomic E-state index is 11.5. The number of rotatable bonds is 3. The van der Waals surface area contributed by atoms with Crippen LogP contribution in [0.3, 0.4) is 0 Å². The van der Waals surface area contributed by atoms with E-state index in [4.69, 9.17) is 5.26 Å². The van der Waals surface area contributed by atoms with Crippen LogP contribution in [0.1, 0.15) is 36.1 Å². The summed E-state index contributed by atoms with van der Waals surface area (Å²) in [6.45, 7) is 2.05. The van der Waals surface area contributed by atoms with Crippen LogP contribution in [0.5, 0.6) is 0 Å². The summed E-state index contributed by atoms with van der Waals surface area (Å²) in [6.07, 6.45) is 1.35. The molecule has 2 aromatic carbocycles. The molecular formula is C18H17N3O. The van der Waals surface area contributed by atoms with Crippen LogP contribution in [0.15, 0.2) is 42.5 Å². The molecule has 0 fully saturated rings. The quantitative estimate of drug-likeness (QED) is 0.907. The Balaban J connectivity index is 1.79. The van der Waals surface area contributed by atoms with Gasteiger partial charge in [0.2, 0.25) is 5.91 Å². The molecule has 0 saturated heterocycles. The number of anilines is 2. The molecule has 0 radical (unpaired) electrons. The van der Waals surface area contributed by atoms with Crippen LogP contribution in [0, 0.1) is 11.3 Å². The molecule has 1 amide bonds. The normalized spacial score (nSPS) is 14.5. The molecule has 2 aromatic rings. The number of amides is 1. The average Bonchev–Trinajstić information content (AvgIpc) is 2.54. The second-order valence-corrected chi connectivity index (χ2v) is 5.52. The molecule has 0 aliphatic carbocycles. The van der Waals surface area contributed by atoms with E-state index in [9.17, 15) is 4.79 Å². The number of hydrogen-bond donors (Lipinski definition) is 2. The Morgan fingerprint density at radius 1 is 1.23 bits per heavy atom. The van der Waals surface area contributed by atoms with Gasteiger partial charge in [0.1, 0.15) is 0 Å². The summed E-state index contributed by atoms with van der Waals surface area (Å²) in [5.41, 5.74) is 4.73. The Labute approximate surface area is 129 Å². The van der Waals surface area contributed by atoms with E-state index in [1.165, 1.54) is 5.56 Å². The fraction of sp³-hybridized carbons (Fsp3) is 0.222. The fourth-order valence-electron chi connectivity index (χ4n) is 2.67. The van der Waals surface area contributed by atoms with Gasteiger partial charge in [-0.25, -0.2) is 0 Å². The minimum atomic E-state index is 0.0689. The van der Waals surface area contributed by atoms with Crippen LogP contribution in [-0.2, 0) is 11.2 Å². The first-order valence-electron chi connectivity index (χ1n) is 7.35. The first-order chi connectivity index (χ1) is 10.7. The number of hydrogen-bond acceptors (Lipinski definition) is 3. The summed E-state index contributed by atoms with van der Waals surface area (Å²) in [4.78, 5) is 11.5. The molecule has 1 aliphatic heterocycles. The summed E-state index contributed by atoms with van der Waals surface area (Å²) in [7, 11) is 0. The molecule has 22 heavy (non-hydrogen) atoms. The van der Waals surface area contributed by atoms with E-state index in [-0.39, 0.29) is 11.9 Å². The second kappa shape index (κ2) is 5.90. The summed E-state index contributed by atoms with van der Waals surface area (Å²) in [5, 5.41) is 15.3. The second-order valence-electron chi connectivity index (χ2n) is 5.52. The van der Waals surface area contributed by atoms with E-state index in [1.807, 2.05) is 30.3 Å². The van der Waals surface area contributed by atoms with Crippen LogP contribution < -0.4 is 10.6 Å². The number of nitrogens with zero attached hydrogens (tertiary/aromatic N) is 1. The lowest BCUT2D eigenvalue weighted by Crippen LogP contribution is -2.19. The van der Waals surface area contributed by atoms with Gasteiger partial charge in [-0.3, -0.25) is 4.79 Å². The topological polar surface area (TPSA) is 64.9 Å². The third kappa shape index (κ3) is 2.94. The minimum Gasteiger partial charge on any atom is -0.378 e. The van der Waals surface area contributed by atoms with Crippen molar-refractivity contribution in [3.05, 3.63) is 59.2 Å². The lowest BCUT2D eigenvalue weighted by molar-refractivity contribution is -0.116. The Bertz CT molecular complexity index is 761. The van der Waals surface area contributed by atoms with Gasteiger partial charge in [0.05, 0.1) is 11.6 Å². The molecule has 4 heteroatoms. The number of carbonyl (C=O) groups is 1. The minimum absolute atomic E-state index is 0.0689. The first-order valence-corrected chi connectivity index (χ1v) is 7.35. The van der Waals surface area contributed by atoms with Crippen molar-refractivity contribution in [1.82, 2.24) is 0 Å². The summed E-state index contributed by atoms with van der Waals surface area (Å²) in [6, 6.07) is 15.9. The summed E-state index contributed by atoms with van der Waals surface area (Å²) >= 11 is 0. The van der Waals surface area contributed by atoms with E-state index >= 15 is 0 Å². The lowest BCUT2D eigenvalue weighted by Gasteiger charge is -2.20. The third-order valence-corrected chi connectivity index (χ3v) is 3.90. The van der Waals surface area contributed by atoms with Crippen molar-refractivity contribution < 1.29 is 4.79 Å². The zero-order chi connectivity index (χ0) is 15.5. The molecule has 0 saturated carbocycles. The highest BCUT2D eigenvalue weighted by Crippen LogP contribution is 2.28. The smallest absolute Gasteiger partial charge is 0.224 e. The van der Waals surface area contributed by atoms with E-state index in [1.54, 1.807) is 6.07 Å². The highest BCUT2D eigenvalue weighted by molar-refractivity contribution is 5.94. The van der Waals surface area contributed by atoms with Gasteiger partial charge in [-0.15, -0.1) is 0 Å². The molecule has 0 unspecified atom stereocenters. The zero-order valence-corrected chi connectivity index (χ0v) is 12.4. The highest BCUT2D eigenvalue weighted by Gasteiger charge is 2.15. The highest BCUT2D eigenvalue weighted by atomic mass is 16.1. The van der Waals surface area contributed by atoms with Crippen molar-refractivity contribution in [3.63, 3.8) is 0 Å². The predicted molar refractivity (Wildman–Crippen MR) is 86.6 cm³/mol. The molecule has 0 aromatic heterocycles. The fourth-order valence-corrected chi connectivity index (χ4v) is 2.67. The van der Waals surface area contributed by atoms with Crippen molar-refractivity contribution in [3.8, 4) is 6.07 Å². The lowest BCUT2D eigenvalue weighted by atomic mass is 10.0. The van der Waals surface area contributed by atoms with Crippen LogP contribution in [0.4, 0.5) is 11.4 Å². The van der Waals surface area contributed by atoms with Gasteiger partial charge in [0, 0.05) is 23.8 Å². The Hall–Kier alpha value is -2.80. The number of nitriles is 1. The van der Waals surface area contributed by atoms with Crippen LogP contribution in [-0.4, -0.2) is 5.91 Å². The van der Waals surface area contributed by atoms with Crippen molar-refractivity contribution in [2.75, 3.05) is 10.6 Å². The van der Waals surface area contributed by atoms with Gasteiger partial charge in [0.15, 0.2) is 0 Å². The molecule has 0 bridgehead atoms. The van der Waals surface area contributed by atoms with Gasteiger partial charge in [-0.2, -0.15) is 5.26 Å². The van der Waals surface area contributed by atoms with E-state index < -0.39 is 0 Å². The standard InChI is InChI=1S/C18H17N3O/c1-12(15-4-2-3-13(9-15)11-19)20-16-7-5-14-6-8-18(22)21-17(14)10-16/h2-5,7,9-10,12,20H,6,8H2,1H3,(H,21,22)/t12-/m1/s1. The molecule has 1 atom stereocenters. The maximum Gasteiger partial charge on any atom is 0.224 e. The number of nitrogens with one attached hydrogen (secondary N) is 2. The van der Waals surface area contributed by atoms with Crippen molar-refractivity contribution in [2.24, 2.45) is 0 Å². The van der Waals surface area contributed by atoms with Gasteiger partial charge in [-0.05, 0) is 48.7 Å². The molecule has 1 heterocycles. The van der Waals surface area contributed by atoms with Gasteiger partial charge >= 0.3 is 0 Å². The Morgan fingerprint density at radius 3 is 2.91 bits per heavy atom. The number of benzene rings is 2. The van der Waals surface area contributed by atoms with Crippen molar-refractivity contribution >= 4 is 17.3 Å². The monoisotopic (exact) mass is 291 g/mol. The van der Waals surface area contributed by atoms with Gasteiger partial charge in [0.25, 0.3) is 0 Å². The van der Waals surface area contributed by atoms with Crippen molar-refractivity contribution in [1.29, 1.82) is 5.26 Å². The molecule has 4 nitrogen and oxygen atoms in total. The van der Waals surface area contributed by atoms with E-state index in [0.717, 1.165) is 23.4 Å². The van der Waals surface area contributed by atoms with E-state index in [0.29, 0.717) is 12.0 Å². The van der Waals surface area contributed by atoms with Gasteiger partial charge < -0.3 is 10.6 Å². The van der Waals surface area contributed by atoms with Crippen LogP contribution >= 0.6 is 0 Å². The average molecular weight is 291 g/mol. The number of aryl methyl sites for hydroxylation is 1. The Morgan fingerprint density at radius 2 is 2.09 bits per heavy atom. The maximum absolute atomic E-state index is 11.5. The molecule has 110 valence electrons. The summed E-state index contributed by atoms with van der Waals surface area (Å²) in [5.74, 6) is 0.0689. The Kier molecular flexibility index (Phi) is 3.80. The van der Waals surface area contributed by atoms with Crippen LogP contribution in [0.2, 0.25) is 0 Å². The molecule has 2 N–H and O–H groups in total. The zero-order valence-electron chi connectivity index (χ0n) is 12.4. The molecule has 1 aliphatic rings. The van der Waals surface area contributed by atoms with Gasteiger partial charge in [-0.1, -0.05) is 18.2 Å². The number of carbonyl (C=O) groups excluding carboxylic acids is 1. The van der Waals surface area contributed by atoms with E-state index in [2.05, 4.69) is 29.7 Å². The molecule has 3 rings (SSSR count). The predicted octanol–water partition coefficient (Wildman–Crippen LogP) is 3.62. The third-order valence-electron chi connectivity index (χ3n) is 3.90. The summed E-state index contributed by atoms with van der Waals surface area (Å²) < 4.78 is 0. The molecular weight excluding hydrogens is 274 g/mol.